The van der Waals surface area contributed by atoms with Crippen LogP contribution in [0, 0.1) is 5.82 Å². The Kier molecular flexibility index (Phi) is 9.79. The maximum atomic E-state index is 12.9. The van der Waals surface area contributed by atoms with Crippen molar-refractivity contribution in [2.24, 2.45) is 4.99 Å². The average molecular weight is 473 g/mol. The minimum atomic E-state index is -0.235. The number of nitrogens with zero attached hydrogens (tertiary/aromatic N) is 1. The molecule has 26 heavy (non-hydrogen) atoms. The SMILES string of the molecule is CN=C(NCCc1ccc(OC)c(OC)c1)NCc1ccc(F)cc1.I. The minimum Gasteiger partial charge on any atom is -0.493 e. The summed E-state index contributed by atoms with van der Waals surface area (Å²) in [5.41, 5.74) is 2.13. The fourth-order valence-corrected chi connectivity index (χ4v) is 2.37. The average Bonchev–Trinajstić information content (AvgIpc) is 2.65. The Hall–Kier alpha value is -2.03. The molecule has 2 aromatic carbocycles. The van der Waals surface area contributed by atoms with Crippen molar-refractivity contribution >= 4 is 29.9 Å². The van der Waals surface area contributed by atoms with Gasteiger partial charge in [-0.15, -0.1) is 24.0 Å². The molecule has 0 saturated heterocycles. The van der Waals surface area contributed by atoms with E-state index >= 15 is 0 Å². The second-order valence-corrected chi connectivity index (χ2v) is 5.42. The highest BCUT2D eigenvalue weighted by molar-refractivity contribution is 14.0. The molecule has 0 aliphatic rings. The number of nitrogens with one attached hydrogen (secondary N) is 2. The number of aliphatic imine (C=N–C) groups is 1. The molecule has 0 atom stereocenters. The zero-order valence-electron chi connectivity index (χ0n) is 15.2. The van der Waals surface area contributed by atoms with Gasteiger partial charge in [-0.3, -0.25) is 4.99 Å². The summed E-state index contributed by atoms with van der Waals surface area (Å²) < 4.78 is 23.5. The van der Waals surface area contributed by atoms with E-state index in [1.807, 2.05) is 18.2 Å². The Labute approximate surface area is 171 Å². The van der Waals surface area contributed by atoms with Crippen molar-refractivity contribution in [1.29, 1.82) is 0 Å². The maximum Gasteiger partial charge on any atom is 0.191 e. The highest BCUT2D eigenvalue weighted by atomic mass is 127. The maximum absolute atomic E-state index is 12.9. The van der Waals surface area contributed by atoms with Crippen molar-refractivity contribution in [3.05, 3.63) is 59.4 Å². The second kappa shape index (κ2) is 11.6. The van der Waals surface area contributed by atoms with Crippen molar-refractivity contribution in [2.45, 2.75) is 13.0 Å². The number of benzene rings is 2. The Morgan fingerprint density at radius 3 is 2.23 bits per heavy atom. The van der Waals surface area contributed by atoms with Gasteiger partial charge in [0.05, 0.1) is 14.2 Å². The van der Waals surface area contributed by atoms with Crippen molar-refractivity contribution in [2.75, 3.05) is 27.8 Å². The quantitative estimate of drug-likeness (QED) is 0.368. The Morgan fingerprint density at radius 2 is 1.62 bits per heavy atom. The topological polar surface area (TPSA) is 54.9 Å². The van der Waals surface area contributed by atoms with Crippen molar-refractivity contribution in [3.63, 3.8) is 0 Å². The van der Waals surface area contributed by atoms with E-state index in [1.165, 1.54) is 12.1 Å². The van der Waals surface area contributed by atoms with Crippen LogP contribution in [-0.4, -0.2) is 33.8 Å². The van der Waals surface area contributed by atoms with Crippen LogP contribution in [0.25, 0.3) is 0 Å². The number of methoxy groups -OCH3 is 2. The Balaban J connectivity index is 0.00000338. The van der Waals surface area contributed by atoms with Gasteiger partial charge in [0.2, 0.25) is 0 Å². The lowest BCUT2D eigenvalue weighted by atomic mass is 10.1. The molecular formula is C19H25FIN3O2. The van der Waals surface area contributed by atoms with Crippen LogP contribution in [0.3, 0.4) is 0 Å². The molecule has 0 aliphatic carbocycles. The first kappa shape index (κ1) is 22.0. The normalized spacial score (nSPS) is 10.7. The first-order chi connectivity index (χ1) is 12.2. The Bertz CT molecular complexity index is 708. The number of hydrogen-bond donors (Lipinski definition) is 2. The van der Waals surface area contributed by atoms with Crippen LogP contribution < -0.4 is 20.1 Å². The monoisotopic (exact) mass is 473 g/mol. The first-order valence-electron chi connectivity index (χ1n) is 8.06. The van der Waals surface area contributed by atoms with E-state index < -0.39 is 0 Å². The predicted octanol–water partition coefficient (Wildman–Crippen LogP) is 3.37. The highest BCUT2D eigenvalue weighted by Crippen LogP contribution is 2.27. The van der Waals surface area contributed by atoms with Gasteiger partial charge >= 0.3 is 0 Å². The van der Waals surface area contributed by atoms with Gasteiger partial charge in [-0.2, -0.15) is 0 Å². The van der Waals surface area contributed by atoms with Crippen molar-refractivity contribution in [3.8, 4) is 11.5 Å². The van der Waals surface area contributed by atoms with Gasteiger partial charge in [-0.25, -0.2) is 4.39 Å². The van der Waals surface area contributed by atoms with Crippen molar-refractivity contribution < 1.29 is 13.9 Å². The van der Waals surface area contributed by atoms with E-state index in [9.17, 15) is 4.39 Å². The molecule has 142 valence electrons. The second-order valence-electron chi connectivity index (χ2n) is 5.42. The fourth-order valence-electron chi connectivity index (χ4n) is 2.37. The summed E-state index contributed by atoms with van der Waals surface area (Å²) in [6, 6.07) is 12.3. The lowest BCUT2D eigenvalue weighted by Crippen LogP contribution is -2.37. The number of rotatable bonds is 7. The number of guanidine groups is 1. The summed E-state index contributed by atoms with van der Waals surface area (Å²) in [6.07, 6.45) is 0.817. The molecular weight excluding hydrogens is 448 g/mol. The molecule has 0 fully saturated rings. The van der Waals surface area contributed by atoms with Gasteiger partial charge in [0.1, 0.15) is 5.82 Å². The van der Waals surface area contributed by atoms with E-state index in [0.29, 0.717) is 12.5 Å². The summed E-state index contributed by atoms with van der Waals surface area (Å²) in [5, 5.41) is 6.46. The van der Waals surface area contributed by atoms with Gasteiger partial charge in [0, 0.05) is 20.1 Å². The molecule has 0 aliphatic heterocycles. The molecule has 2 aromatic rings. The molecule has 0 aromatic heterocycles. The first-order valence-corrected chi connectivity index (χ1v) is 8.06. The van der Waals surface area contributed by atoms with E-state index in [0.717, 1.165) is 35.6 Å². The minimum absolute atomic E-state index is 0. The smallest absolute Gasteiger partial charge is 0.191 e. The third kappa shape index (κ3) is 6.70. The van der Waals surface area contributed by atoms with Gasteiger partial charge in [0.15, 0.2) is 17.5 Å². The van der Waals surface area contributed by atoms with Crippen molar-refractivity contribution in [1.82, 2.24) is 10.6 Å². The number of halogens is 2. The van der Waals surface area contributed by atoms with E-state index in [1.54, 1.807) is 33.4 Å². The lowest BCUT2D eigenvalue weighted by Gasteiger charge is -2.13. The zero-order valence-corrected chi connectivity index (χ0v) is 17.5. The molecule has 0 spiro atoms. The van der Waals surface area contributed by atoms with Crippen LogP contribution in [0.5, 0.6) is 11.5 Å². The third-order valence-corrected chi connectivity index (χ3v) is 3.75. The number of ether oxygens (including phenoxy) is 2. The van der Waals surface area contributed by atoms with Gasteiger partial charge in [-0.05, 0) is 41.8 Å². The van der Waals surface area contributed by atoms with E-state index in [-0.39, 0.29) is 29.8 Å². The van der Waals surface area contributed by atoms with Gasteiger partial charge in [0.25, 0.3) is 0 Å². The van der Waals surface area contributed by atoms with Crippen LogP contribution in [0.4, 0.5) is 4.39 Å². The Morgan fingerprint density at radius 1 is 0.962 bits per heavy atom. The molecule has 0 heterocycles. The molecule has 0 radical (unpaired) electrons. The van der Waals surface area contributed by atoms with E-state index in [4.69, 9.17) is 9.47 Å². The summed E-state index contributed by atoms with van der Waals surface area (Å²) in [6.45, 7) is 1.30. The molecule has 0 unspecified atom stereocenters. The highest BCUT2D eigenvalue weighted by Gasteiger charge is 2.05. The van der Waals surface area contributed by atoms with Crippen LogP contribution >= 0.6 is 24.0 Å². The van der Waals surface area contributed by atoms with Gasteiger partial charge < -0.3 is 20.1 Å². The lowest BCUT2D eigenvalue weighted by molar-refractivity contribution is 0.354. The number of hydrogen-bond acceptors (Lipinski definition) is 3. The summed E-state index contributed by atoms with van der Waals surface area (Å²) in [4.78, 5) is 4.19. The van der Waals surface area contributed by atoms with Crippen LogP contribution in [-0.2, 0) is 13.0 Å². The molecule has 0 bridgehead atoms. The molecule has 7 heteroatoms. The molecule has 2 rings (SSSR count). The standard InChI is InChI=1S/C19H24FN3O2.HI/c1-21-19(23-13-15-4-7-16(20)8-5-15)22-11-10-14-6-9-17(24-2)18(12-14)25-3;/h4-9,12H,10-11,13H2,1-3H3,(H2,21,22,23);1H. The molecule has 0 amide bonds. The summed E-state index contributed by atoms with van der Waals surface area (Å²) in [7, 11) is 4.97. The third-order valence-electron chi connectivity index (χ3n) is 3.75. The predicted molar refractivity (Wildman–Crippen MR) is 113 cm³/mol. The molecule has 2 N–H and O–H groups in total. The summed E-state index contributed by atoms with van der Waals surface area (Å²) >= 11 is 0. The summed E-state index contributed by atoms with van der Waals surface area (Å²) in [5.74, 6) is 1.90. The van der Waals surface area contributed by atoms with Crippen LogP contribution in [0.1, 0.15) is 11.1 Å². The van der Waals surface area contributed by atoms with Crippen LogP contribution in [0.15, 0.2) is 47.5 Å². The molecule has 5 nitrogen and oxygen atoms in total. The zero-order chi connectivity index (χ0) is 18.1. The van der Waals surface area contributed by atoms with E-state index in [2.05, 4.69) is 15.6 Å². The fraction of sp³-hybridized carbons (Fsp3) is 0.316. The van der Waals surface area contributed by atoms with Crippen LogP contribution in [0.2, 0.25) is 0 Å². The van der Waals surface area contributed by atoms with Gasteiger partial charge in [-0.1, -0.05) is 18.2 Å². The largest absolute Gasteiger partial charge is 0.493 e. The molecule has 0 saturated carbocycles.